The second-order valence-corrected chi connectivity index (χ2v) is 5.62. The summed E-state index contributed by atoms with van der Waals surface area (Å²) >= 11 is 0. The van der Waals surface area contributed by atoms with Crippen molar-refractivity contribution in [1.82, 2.24) is 35.9 Å². The van der Waals surface area contributed by atoms with Crippen molar-refractivity contribution in [2.75, 3.05) is 0 Å². The standard InChI is InChI=1S/C17H15N7O/c25-17(12-6-7-13-14(9-12)19-10-18-13)20-15(16-21-23-24-22-16)8-11-4-2-1-3-5-11/h1-7,9-10,15H,8H2,(H,18,19)(H,20,25)(H,21,22,23,24)/t15-/m0/s1. The molecule has 0 fully saturated rings. The highest BCUT2D eigenvalue weighted by Gasteiger charge is 2.20. The van der Waals surface area contributed by atoms with Crippen LogP contribution in [0.25, 0.3) is 11.0 Å². The van der Waals surface area contributed by atoms with Crippen LogP contribution in [0.15, 0.2) is 54.9 Å². The number of H-pyrrole nitrogens is 2. The highest BCUT2D eigenvalue weighted by molar-refractivity contribution is 5.97. The summed E-state index contributed by atoms with van der Waals surface area (Å²) in [6.07, 6.45) is 2.17. The van der Waals surface area contributed by atoms with Crippen LogP contribution in [0, 0.1) is 0 Å². The topological polar surface area (TPSA) is 112 Å². The molecule has 2 heterocycles. The van der Waals surface area contributed by atoms with Gasteiger partial charge in [-0.2, -0.15) is 5.21 Å². The SMILES string of the molecule is O=C(N[C@@H](Cc1ccccc1)c1nn[nH]n1)c1ccc2nc[nH]c2c1. The fourth-order valence-corrected chi connectivity index (χ4v) is 2.69. The van der Waals surface area contributed by atoms with Gasteiger partial charge in [-0.05, 0) is 23.8 Å². The Morgan fingerprint density at radius 1 is 1.16 bits per heavy atom. The Balaban J connectivity index is 1.58. The van der Waals surface area contributed by atoms with Crippen molar-refractivity contribution < 1.29 is 4.79 Å². The minimum absolute atomic E-state index is 0.206. The van der Waals surface area contributed by atoms with E-state index in [9.17, 15) is 4.79 Å². The summed E-state index contributed by atoms with van der Waals surface area (Å²) in [5.74, 6) is 0.238. The number of benzene rings is 2. The average Bonchev–Trinajstić information content (AvgIpc) is 3.33. The van der Waals surface area contributed by atoms with E-state index < -0.39 is 0 Å². The molecule has 0 saturated carbocycles. The summed E-state index contributed by atoms with van der Waals surface area (Å²) in [5, 5.41) is 17.1. The van der Waals surface area contributed by atoms with Crippen molar-refractivity contribution in [3.63, 3.8) is 0 Å². The fourth-order valence-electron chi connectivity index (χ4n) is 2.69. The minimum atomic E-state index is -0.383. The van der Waals surface area contributed by atoms with Crippen molar-refractivity contribution in [3.05, 3.63) is 71.8 Å². The van der Waals surface area contributed by atoms with Gasteiger partial charge in [0, 0.05) is 12.0 Å². The number of tetrazole rings is 1. The van der Waals surface area contributed by atoms with Gasteiger partial charge in [0.15, 0.2) is 5.82 Å². The largest absolute Gasteiger partial charge is 0.345 e. The molecular weight excluding hydrogens is 318 g/mol. The molecule has 0 aliphatic carbocycles. The Hall–Kier alpha value is -3.55. The molecule has 8 heteroatoms. The summed E-state index contributed by atoms with van der Waals surface area (Å²) < 4.78 is 0. The van der Waals surface area contributed by atoms with Crippen LogP contribution in [0.2, 0.25) is 0 Å². The number of nitrogens with zero attached hydrogens (tertiary/aromatic N) is 4. The van der Waals surface area contributed by atoms with Crippen LogP contribution in [0.5, 0.6) is 0 Å². The molecule has 0 aliphatic heterocycles. The van der Waals surface area contributed by atoms with Crippen LogP contribution >= 0.6 is 0 Å². The Morgan fingerprint density at radius 2 is 2.04 bits per heavy atom. The number of aromatic amines is 2. The second kappa shape index (κ2) is 6.52. The molecule has 1 amide bonds. The lowest BCUT2D eigenvalue weighted by molar-refractivity contribution is 0.0935. The molecular formula is C17H15N7O. The molecule has 8 nitrogen and oxygen atoms in total. The predicted molar refractivity (Wildman–Crippen MR) is 90.6 cm³/mol. The molecule has 0 spiro atoms. The smallest absolute Gasteiger partial charge is 0.251 e. The van der Waals surface area contributed by atoms with Gasteiger partial charge in [-0.3, -0.25) is 4.79 Å². The van der Waals surface area contributed by atoms with E-state index in [2.05, 4.69) is 35.9 Å². The zero-order chi connectivity index (χ0) is 17.1. The number of aromatic nitrogens is 6. The molecule has 3 N–H and O–H groups in total. The van der Waals surface area contributed by atoms with E-state index in [-0.39, 0.29) is 11.9 Å². The number of hydrogen-bond acceptors (Lipinski definition) is 5. The first kappa shape index (κ1) is 15.0. The third kappa shape index (κ3) is 3.23. The molecule has 25 heavy (non-hydrogen) atoms. The molecule has 4 aromatic rings. The first-order valence-electron chi connectivity index (χ1n) is 7.81. The van der Waals surface area contributed by atoms with Crippen molar-refractivity contribution >= 4 is 16.9 Å². The predicted octanol–water partition coefficient (Wildman–Crippen LogP) is 1.79. The molecule has 0 radical (unpaired) electrons. The maximum Gasteiger partial charge on any atom is 0.251 e. The van der Waals surface area contributed by atoms with E-state index in [1.54, 1.807) is 24.5 Å². The maximum absolute atomic E-state index is 12.7. The van der Waals surface area contributed by atoms with Gasteiger partial charge in [0.25, 0.3) is 5.91 Å². The Kier molecular flexibility index (Phi) is 3.91. The molecule has 2 aromatic heterocycles. The highest BCUT2D eigenvalue weighted by Crippen LogP contribution is 2.17. The van der Waals surface area contributed by atoms with Gasteiger partial charge in [0.1, 0.15) is 0 Å². The molecule has 124 valence electrons. The lowest BCUT2D eigenvalue weighted by Crippen LogP contribution is -2.30. The average molecular weight is 333 g/mol. The number of imidazole rings is 1. The van der Waals surface area contributed by atoms with E-state index in [0.717, 1.165) is 16.6 Å². The van der Waals surface area contributed by atoms with E-state index in [4.69, 9.17) is 0 Å². The van der Waals surface area contributed by atoms with Crippen LogP contribution in [-0.4, -0.2) is 36.5 Å². The van der Waals surface area contributed by atoms with E-state index in [1.807, 2.05) is 30.3 Å². The molecule has 0 bridgehead atoms. The van der Waals surface area contributed by atoms with Crippen LogP contribution < -0.4 is 5.32 Å². The normalized spacial score (nSPS) is 12.2. The van der Waals surface area contributed by atoms with Gasteiger partial charge in [0.05, 0.1) is 23.4 Å². The van der Waals surface area contributed by atoms with Crippen molar-refractivity contribution in [1.29, 1.82) is 0 Å². The second-order valence-electron chi connectivity index (χ2n) is 5.62. The van der Waals surface area contributed by atoms with E-state index in [0.29, 0.717) is 17.8 Å². The van der Waals surface area contributed by atoms with Crippen molar-refractivity contribution in [2.45, 2.75) is 12.5 Å². The van der Waals surface area contributed by atoms with Crippen LogP contribution in [0.4, 0.5) is 0 Å². The summed E-state index contributed by atoms with van der Waals surface area (Å²) in [6, 6.07) is 14.8. The summed E-state index contributed by atoms with van der Waals surface area (Å²) in [5.41, 5.74) is 3.24. The Labute approximate surface area is 142 Å². The van der Waals surface area contributed by atoms with Gasteiger partial charge >= 0.3 is 0 Å². The van der Waals surface area contributed by atoms with Crippen molar-refractivity contribution in [3.8, 4) is 0 Å². The lowest BCUT2D eigenvalue weighted by Gasteiger charge is -2.15. The number of hydrogen-bond donors (Lipinski definition) is 3. The summed E-state index contributed by atoms with van der Waals surface area (Å²) in [7, 11) is 0. The highest BCUT2D eigenvalue weighted by atomic mass is 16.1. The van der Waals surface area contributed by atoms with Gasteiger partial charge in [-0.15, -0.1) is 10.2 Å². The lowest BCUT2D eigenvalue weighted by atomic mass is 10.0. The quantitative estimate of drug-likeness (QED) is 0.515. The van der Waals surface area contributed by atoms with E-state index in [1.165, 1.54) is 0 Å². The number of nitrogens with one attached hydrogen (secondary N) is 3. The van der Waals surface area contributed by atoms with Gasteiger partial charge in [-0.25, -0.2) is 4.98 Å². The van der Waals surface area contributed by atoms with Crippen LogP contribution in [-0.2, 0) is 6.42 Å². The van der Waals surface area contributed by atoms with Gasteiger partial charge < -0.3 is 10.3 Å². The monoisotopic (exact) mass is 333 g/mol. The number of carbonyl (C=O) groups is 1. The zero-order valence-electron chi connectivity index (χ0n) is 13.2. The summed E-state index contributed by atoms with van der Waals surface area (Å²) in [4.78, 5) is 19.8. The first-order chi connectivity index (χ1) is 12.3. The van der Waals surface area contributed by atoms with Gasteiger partial charge in [-0.1, -0.05) is 35.5 Å². The summed E-state index contributed by atoms with van der Waals surface area (Å²) in [6.45, 7) is 0. The van der Waals surface area contributed by atoms with Gasteiger partial charge in [0.2, 0.25) is 0 Å². The maximum atomic E-state index is 12.7. The van der Waals surface area contributed by atoms with Crippen LogP contribution in [0.1, 0.15) is 27.8 Å². The third-order valence-corrected chi connectivity index (χ3v) is 3.94. The molecule has 4 rings (SSSR count). The molecule has 1 atom stereocenters. The first-order valence-corrected chi connectivity index (χ1v) is 7.81. The molecule has 0 saturated heterocycles. The fraction of sp³-hybridized carbons (Fsp3) is 0.118. The third-order valence-electron chi connectivity index (χ3n) is 3.94. The zero-order valence-corrected chi connectivity index (χ0v) is 13.2. The van der Waals surface area contributed by atoms with E-state index >= 15 is 0 Å². The Morgan fingerprint density at radius 3 is 2.84 bits per heavy atom. The van der Waals surface area contributed by atoms with Crippen LogP contribution in [0.3, 0.4) is 0 Å². The number of fused-ring (bicyclic) bond motifs is 1. The molecule has 2 aromatic carbocycles. The number of amides is 1. The molecule has 0 unspecified atom stereocenters. The molecule has 0 aliphatic rings. The number of carbonyl (C=O) groups excluding carboxylic acids is 1. The van der Waals surface area contributed by atoms with Crippen molar-refractivity contribution in [2.24, 2.45) is 0 Å². The Bertz CT molecular complexity index is 979. The minimum Gasteiger partial charge on any atom is -0.345 e. The number of rotatable bonds is 5.